The molecule has 68 valence electrons. The highest BCUT2D eigenvalue weighted by Gasteiger charge is 2.07. The summed E-state index contributed by atoms with van der Waals surface area (Å²) in [6.45, 7) is 3.85. The van der Waals surface area contributed by atoms with Crippen molar-refractivity contribution in [2.45, 2.75) is 26.2 Å². The molecule has 2 nitrogen and oxygen atoms in total. The van der Waals surface area contributed by atoms with Crippen LogP contribution in [0.25, 0.3) is 0 Å². The highest BCUT2D eigenvalue weighted by molar-refractivity contribution is 5.75. The summed E-state index contributed by atoms with van der Waals surface area (Å²) in [5.74, 6) is 0.301. The predicted octanol–water partition coefficient (Wildman–Crippen LogP) is 1.62. The summed E-state index contributed by atoms with van der Waals surface area (Å²) in [5, 5.41) is 0. The average molecular weight is 167 g/mol. The second-order valence-corrected chi connectivity index (χ2v) is 3.58. The van der Waals surface area contributed by atoms with E-state index in [1.165, 1.54) is 5.57 Å². The first-order valence-electron chi connectivity index (χ1n) is 4.54. The SMILES string of the molecule is CC(=O)CCC1=CCN(C)CC1. The number of hydrogen-bond acceptors (Lipinski definition) is 2. The van der Waals surface area contributed by atoms with Crippen LogP contribution in [0.1, 0.15) is 26.2 Å². The Morgan fingerprint density at radius 3 is 2.92 bits per heavy atom. The van der Waals surface area contributed by atoms with Crippen molar-refractivity contribution in [3.8, 4) is 0 Å². The summed E-state index contributed by atoms with van der Waals surface area (Å²) >= 11 is 0. The van der Waals surface area contributed by atoms with Gasteiger partial charge >= 0.3 is 0 Å². The Morgan fingerprint density at radius 1 is 1.67 bits per heavy atom. The Labute approximate surface area is 74.2 Å². The van der Waals surface area contributed by atoms with Crippen LogP contribution in [0.5, 0.6) is 0 Å². The summed E-state index contributed by atoms with van der Waals surface area (Å²) in [5.41, 5.74) is 1.46. The van der Waals surface area contributed by atoms with Gasteiger partial charge in [0.2, 0.25) is 0 Å². The Hall–Kier alpha value is -0.630. The smallest absolute Gasteiger partial charge is 0.130 e. The third-order valence-corrected chi connectivity index (χ3v) is 2.30. The minimum absolute atomic E-state index is 0.301. The lowest BCUT2D eigenvalue weighted by Gasteiger charge is -2.21. The lowest BCUT2D eigenvalue weighted by atomic mass is 10.0. The molecule has 0 aromatic heterocycles. The standard InChI is InChI=1S/C10H17NO/c1-9(12)3-4-10-5-7-11(2)8-6-10/h5H,3-4,6-8H2,1-2H3. The molecule has 2 heteroatoms. The van der Waals surface area contributed by atoms with Crippen molar-refractivity contribution >= 4 is 5.78 Å². The molecule has 1 rings (SSSR count). The van der Waals surface area contributed by atoms with Gasteiger partial charge in [-0.05, 0) is 26.8 Å². The predicted molar refractivity (Wildman–Crippen MR) is 50.1 cm³/mol. The molecule has 0 radical (unpaired) electrons. The Balaban J connectivity index is 2.29. The molecule has 0 N–H and O–H groups in total. The van der Waals surface area contributed by atoms with Crippen molar-refractivity contribution in [2.75, 3.05) is 20.1 Å². The van der Waals surface area contributed by atoms with Crippen LogP contribution in [0.2, 0.25) is 0 Å². The molecule has 12 heavy (non-hydrogen) atoms. The molecule has 0 aromatic carbocycles. The molecule has 0 unspecified atom stereocenters. The molecular formula is C10H17NO. The summed E-state index contributed by atoms with van der Waals surface area (Å²) < 4.78 is 0. The van der Waals surface area contributed by atoms with Gasteiger partial charge < -0.3 is 9.69 Å². The first kappa shape index (κ1) is 9.46. The molecule has 0 atom stereocenters. The van der Waals surface area contributed by atoms with Crippen molar-refractivity contribution < 1.29 is 4.79 Å². The molecule has 1 heterocycles. The van der Waals surface area contributed by atoms with Gasteiger partial charge in [0, 0.05) is 19.5 Å². The molecule has 1 aliphatic heterocycles. The van der Waals surface area contributed by atoms with E-state index < -0.39 is 0 Å². The maximum Gasteiger partial charge on any atom is 0.130 e. The van der Waals surface area contributed by atoms with Gasteiger partial charge in [-0.25, -0.2) is 0 Å². The number of carbonyl (C=O) groups is 1. The van der Waals surface area contributed by atoms with E-state index in [0.29, 0.717) is 5.78 Å². The van der Waals surface area contributed by atoms with Crippen LogP contribution in [0, 0.1) is 0 Å². The summed E-state index contributed by atoms with van der Waals surface area (Å²) in [4.78, 5) is 13.0. The molecule has 0 saturated heterocycles. The van der Waals surface area contributed by atoms with Crippen molar-refractivity contribution in [1.29, 1.82) is 0 Å². The maximum absolute atomic E-state index is 10.7. The monoisotopic (exact) mass is 167 g/mol. The zero-order valence-corrected chi connectivity index (χ0v) is 7.97. The first-order valence-corrected chi connectivity index (χ1v) is 4.54. The number of rotatable bonds is 3. The molecule has 0 bridgehead atoms. The van der Waals surface area contributed by atoms with Crippen molar-refractivity contribution in [1.82, 2.24) is 4.90 Å². The van der Waals surface area contributed by atoms with Crippen LogP contribution in [0.15, 0.2) is 11.6 Å². The highest BCUT2D eigenvalue weighted by atomic mass is 16.1. The largest absolute Gasteiger partial charge is 0.302 e. The number of likely N-dealkylation sites (N-methyl/N-ethyl adjacent to an activating group) is 1. The molecule has 0 spiro atoms. The quantitative estimate of drug-likeness (QED) is 0.595. The fourth-order valence-electron chi connectivity index (χ4n) is 1.38. The highest BCUT2D eigenvalue weighted by Crippen LogP contribution is 2.14. The second kappa shape index (κ2) is 4.41. The summed E-state index contributed by atoms with van der Waals surface area (Å²) in [6.07, 6.45) is 5.09. The zero-order chi connectivity index (χ0) is 8.97. The van der Waals surface area contributed by atoms with E-state index >= 15 is 0 Å². The summed E-state index contributed by atoms with van der Waals surface area (Å²) in [6, 6.07) is 0. The average Bonchev–Trinajstić information content (AvgIpc) is 2.03. The second-order valence-electron chi connectivity index (χ2n) is 3.58. The normalized spacial score (nSPS) is 19.0. The number of nitrogens with zero attached hydrogens (tertiary/aromatic N) is 1. The van der Waals surface area contributed by atoms with E-state index in [-0.39, 0.29) is 0 Å². The van der Waals surface area contributed by atoms with E-state index in [1.54, 1.807) is 6.92 Å². The topological polar surface area (TPSA) is 20.3 Å². The van der Waals surface area contributed by atoms with Crippen LogP contribution in [-0.2, 0) is 4.79 Å². The van der Waals surface area contributed by atoms with Crippen LogP contribution < -0.4 is 0 Å². The van der Waals surface area contributed by atoms with Crippen LogP contribution in [0.3, 0.4) is 0 Å². The van der Waals surface area contributed by atoms with Crippen molar-refractivity contribution in [2.24, 2.45) is 0 Å². The van der Waals surface area contributed by atoms with Gasteiger partial charge in [-0.15, -0.1) is 0 Å². The lowest BCUT2D eigenvalue weighted by molar-refractivity contribution is -0.116. The van der Waals surface area contributed by atoms with Crippen LogP contribution >= 0.6 is 0 Å². The van der Waals surface area contributed by atoms with Gasteiger partial charge in [-0.2, -0.15) is 0 Å². The van der Waals surface area contributed by atoms with E-state index in [0.717, 1.165) is 32.4 Å². The van der Waals surface area contributed by atoms with Crippen molar-refractivity contribution in [3.63, 3.8) is 0 Å². The van der Waals surface area contributed by atoms with Gasteiger partial charge in [0.15, 0.2) is 0 Å². The maximum atomic E-state index is 10.7. The fourth-order valence-corrected chi connectivity index (χ4v) is 1.38. The first-order chi connectivity index (χ1) is 5.68. The van der Waals surface area contributed by atoms with Gasteiger partial charge in [0.1, 0.15) is 5.78 Å². The summed E-state index contributed by atoms with van der Waals surface area (Å²) in [7, 11) is 2.12. The van der Waals surface area contributed by atoms with Gasteiger partial charge in [0.05, 0.1) is 0 Å². The van der Waals surface area contributed by atoms with Gasteiger partial charge in [0.25, 0.3) is 0 Å². The molecule has 0 fully saturated rings. The minimum atomic E-state index is 0.301. The number of hydrogen-bond donors (Lipinski definition) is 0. The van der Waals surface area contributed by atoms with Gasteiger partial charge in [-0.1, -0.05) is 11.6 Å². The number of ketones is 1. The Kier molecular flexibility index (Phi) is 3.48. The Morgan fingerprint density at radius 2 is 2.42 bits per heavy atom. The molecule has 0 saturated carbocycles. The minimum Gasteiger partial charge on any atom is -0.302 e. The zero-order valence-electron chi connectivity index (χ0n) is 7.97. The van der Waals surface area contributed by atoms with E-state index in [9.17, 15) is 4.79 Å². The molecule has 0 aromatic rings. The van der Waals surface area contributed by atoms with E-state index in [4.69, 9.17) is 0 Å². The van der Waals surface area contributed by atoms with Crippen molar-refractivity contribution in [3.05, 3.63) is 11.6 Å². The van der Waals surface area contributed by atoms with Gasteiger partial charge in [-0.3, -0.25) is 0 Å². The van der Waals surface area contributed by atoms with Crippen LogP contribution in [0.4, 0.5) is 0 Å². The Bertz CT molecular complexity index is 196. The molecule has 0 aliphatic carbocycles. The lowest BCUT2D eigenvalue weighted by Crippen LogP contribution is -2.24. The van der Waals surface area contributed by atoms with Crippen LogP contribution in [-0.4, -0.2) is 30.8 Å². The fraction of sp³-hybridized carbons (Fsp3) is 0.700. The number of Topliss-reactive ketones (excluding diaryl/α,β-unsaturated/α-hetero) is 1. The molecular weight excluding hydrogens is 150 g/mol. The third kappa shape index (κ3) is 3.18. The van der Waals surface area contributed by atoms with E-state index in [2.05, 4.69) is 18.0 Å². The number of carbonyl (C=O) groups excluding carboxylic acids is 1. The molecule has 1 aliphatic rings. The molecule has 0 amide bonds. The third-order valence-electron chi connectivity index (χ3n) is 2.30. The van der Waals surface area contributed by atoms with E-state index in [1.807, 2.05) is 0 Å².